The maximum Gasteiger partial charge on any atom is 0.237 e. The number of carbonyl (C=O) groups is 1. The molecule has 0 bridgehead atoms. The predicted molar refractivity (Wildman–Crippen MR) is 88.5 cm³/mol. The molecule has 1 aromatic carbocycles. The number of nitrogens with one attached hydrogen (secondary N) is 1. The highest BCUT2D eigenvalue weighted by atomic mass is 32.2. The fourth-order valence-electron chi connectivity index (χ4n) is 2.92. The van der Waals surface area contributed by atoms with Gasteiger partial charge in [-0.25, -0.2) is 4.68 Å². The molecule has 1 fully saturated rings. The Bertz CT molecular complexity index is 740. The minimum atomic E-state index is -0.244. The molecular formula is C16H19N5OS. The van der Waals surface area contributed by atoms with Crippen molar-refractivity contribution in [2.75, 3.05) is 5.32 Å². The van der Waals surface area contributed by atoms with Gasteiger partial charge in [0.1, 0.15) is 0 Å². The Kier molecular flexibility index (Phi) is 3.80. The fourth-order valence-corrected chi connectivity index (χ4v) is 3.78. The number of hydrogen-bond acceptors (Lipinski definition) is 5. The first-order valence-corrected chi connectivity index (χ1v) is 8.96. The van der Waals surface area contributed by atoms with Crippen LogP contribution in [0.2, 0.25) is 0 Å². The zero-order valence-corrected chi connectivity index (χ0v) is 13.8. The lowest BCUT2D eigenvalue weighted by atomic mass is 10.1. The van der Waals surface area contributed by atoms with E-state index in [1.165, 1.54) is 29.3 Å². The van der Waals surface area contributed by atoms with Gasteiger partial charge in [-0.3, -0.25) is 4.79 Å². The molecule has 4 rings (SSSR count). The number of thioether (sulfide) groups is 1. The molecule has 7 heteroatoms. The van der Waals surface area contributed by atoms with E-state index in [-0.39, 0.29) is 11.2 Å². The van der Waals surface area contributed by atoms with E-state index >= 15 is 0 Å². The first-order chi connectivity index (χ1) is 11.2. The number of aromatic nitrogens is 4. The summed E-state index contributed by atoms with van der Waals surface area (Å²) in [5.41, 5.74) is 3.65. The van der Waals surface area contributed by atoms with Crippen molar-refractivity contribution in [1.29, 1.82) is 0 Å². The highest BCUT2D eigenvalue weighted by molar-refractivity contribution is 8.00. The molecule has 0 aliphatic heterocycles. The lowest BCUT2D eigenvalue weighted by molar-refractivity contribution is -0.115. The summed E-state index contributed by atoms with van der Waals surface area (Å²) < 4.78 is 1.84. The molecule has 23 heavy (non-hydrogen) atoms. The zero-order valence-electron chi connectivity index (χ0n) is 13.0. The van der Waals surface area contributed by atoms with Crippen LogP contribution in [0.15, 0.2) is 23.4 Å². The number of fused-ring (bicyclic) bond motifs is 1. The average molecular weight is 329 g/mol. The van der Waals surface area contributed by atoms with Crippen molar-refractivity contribution in [2.45, 2.75) is 55.5 Å². The van der Waals surface area contributed by atoms with E-state index in [0.717, 1.165) is 36.5 Å². The minimum absolute atomic E-state index is 0.0155. The number of anilines is 1. The number of amides is 1. The van der Waals surface area contributed by atoms with Crippen LogP contribution in [-0.4, -0.2) is 31.4 Å². The van der Waals surface area contributed by atoms with E-state index in [9.17, 15) is 4.79 Å². The van der Waals surface area contributed by atoms with E-state index in [4.69, 9.17) is 0 Å². The quantitative estimate of drug-likeness (QED) is 0.854. The van der Waals surface area contributed by atoms with Crippen LogP contribution < -0.4 is 5.32 Å². The summed E-state index contributed by atoms with van der Waals surface area (Å²) in [6, 6.07) is 6.64. The number of nitrogens with zero attached hydrogens (tertiary/aromatic N) is 4. The molecule has 6 nitrogen and oxygen atoms in total. The monoisotopic (exact) mass is 329 g/mol. The van der Waals surface area contributed by atoms with Crippen molar-refractivity contribution < 1.29 is 4.79 Å². The molecule has 1 N–H and O–H groups in total. The maximum atomic E-state index is 12.4. The molecule has 1 aromatic heterocycles. The number of rotatable bonds is 5. The first-order valence-electron chi connectivity index (χ1n) is 8.08. The summed E-state index contributed by atoms with van der Waals surface area (Å²) in [6.45, 7) is 1.89. The normalized spacial score (nSPS) is 17.8. The number of benzene rings is 1. The van der Waals surface area contributed by atoms with Gasteiger partial charge in [-0.15, -0.1) is 5.10 Å². The summed E-state index contributed by atoms with van der Waals surface area (Å²) >= 11 is 1.41. The molecule has 1 atom stereocenters. The zero-order chi connectivity index (χ0) is 15.8. The van der Waals surface area contributed by atoms with Crippen molar-refractivity contribution >= 4 is 23.4 Å². The fraction of sp³-hybridized carbons (Fsp3) is 0.500. The van der Waals surface area contributed by atoms with E-state index in [1.54, 1.807) is 0 Å². The molecule has 0 radical (unpaired) electrons. The van der Waals surface area contributed by atoms with Crippen LogP contribution >= 0.6 is 11.8 Å². The third-order valence-electron chi connectivity index (χ3n) is 4.37. The van der Waals surface area contributed by atoms with E-state index in [2.05, 4.69) is 33.0 Å². The molecule has 2 aromatic rings. The van der Waals surface area contributed by atoms with E-state index < -0.39 is 0 Å². The number of carbonyl (C=O) groups excluding carboxylic acids is 1. The molecule has 1 saturated carbocycles. The minimum Gasteiger partial charge on any atom is -0.325 e. The summed E-state index contributed by atoms with van der Waals surface area (Å²) in [7, 11) is 0. The van der Waals surface area contributed by atoms with Crippen LogP contribution in [0, 0.1) is 0 Å². The van der Waals surface area contributed by atoms with Crippen LogP contribution in [0.3, 0.4) is 0 Å². The van der Waals surface area contributed by atoms with Gasteiger partial charge in [0.25, 0.3) is 0 Å². The van der Waals surface area contributed by atoms with Crippen molar-refractivity contribution in [3.63, 3.8) is 0 Å². The lowest BCUT2D eigenvalue weighted by Crippen LogP contribution is -2.23. The Hall–Kier alpha value is -1.89. The number of aryl methyl sites for hydroxylation is 2. The smallest absolute Gasteiger partial charge is 0.237 e. The Labute approximate surface area is 139 Å². The molecule has 1 amide bonds. The molecule has 0 spiro atoms. The Balaban J connectivity index is 1.41. The summed E-state index contributed by atoms with van der Waals surface area (Å²) in [5.74, 6) is -0.0155. The summed E-state index contributed by atoms with van der Waals surface area (Å²) in [5, 5.41) is 15.3. The van der Waals surface area contributed by atoms with Crippen molar-refractivity contribution in [3.8, 4) is 0 Å². The molecule has 1 heterocycles. The van der Waals surface area contributed by atoms with Gasteiger partial charge in [0.05, 0.1) is 11.3 Å². The van der Waals surface area contributed by atoms with E-state index in [1.807, 2.05) is 17.7 Å². The Morgan fingerprint density at radius 2 is 2.17 bits per heavy atom. The van der Waals surface area contributed by atoms with Crippen molar-refractivity contribution in [1.82, 2.24) is 20.2 Å². The molecule has 2 aliphatic carbocycles. The van der Waals surface area contributed by atoms with Gasteiger partial charge in [0, 0.05) is 5.69 Å². The van der Waals surface area contributed by atoms with Gasteiger partial charge < -0.3 is 5.32 Å². The summed E-state index contributed by atoms with van der Waals surface area (Å²) in [4.78, 5) is 12.4. The van der Waals surface area contributed by atoms with E-state index in [0.29, 0.717) is 6.04 Å². The van der Waals surface area contributed by atoms with Crippen LogP contribution in [-0.2, 0) is 17.6 Å². The third kappa shape index (κ3) is 3.10. The lowest BCUT2D eigenvalue weighted by Gasteiger charge is -2.12. The largest absolute Gasteiger partial charge is 0.325 e. The highest BCUT2D eigenvalue weighted by Crippen LogP contribution is 2.37. The molecule has 2 aliphatic rings. The highest BCUT2D eigenvalue weighted by Gasteiger charge is 2.29. The van der Waals surface area contributed by atoms with Crippen molar-refractivity contribution in [3.05, 3.63) is 29.3 Å². The number of hydrogen-bond donors (Lipinski definition) is 1. The van der Waals surface area contributed by atoms with Crippen LogP contribution in [0.4, 0.5) is 5.69 Å². The second-order valence-corrected chi connectivity index (χ2v) is 7.53. The van der Waals surface area contributed by atoms with Gasteiger partial charge in [-0.2, -0.15) is 0 Å². The van der Waals surface area contributed by atoms with Gasteiger partial charge in [-0.1, -0.05) is 17.8 Å². The van der Waals surface area contributed by atoms with Gasteiger partial charge in [0.15, 0.2) is 0 Å². The second kappa shape index (κ2) is 5.96. The van der Waals surface area contributed by atoms with Crippen LogP contribution in [0.1, 0.15) is 43.4 Å². The first kappa shape index (κ1) is 14.7. The predicted octanol–water partition coefficient (Wildman–Crippen LogP) is 2.62. The van der Waals surface area contributed by atoms with Crippen molar-refractivity contribution in [2.24, 2.45) is 0 Å². The SMILES string of the molecule is CC(Sc1nnnn1C1CC1)C(=O)Nc1ccc2c(c1)CCC2. The van der Waals surface area contributed by atoms with Gasteiger partial charge in [0.2, 0.25) is 11.1 Å². The Morgan fingerprint density at radius 1 is 1.35 bits per heavy atom. The molecule has 0 saturated heterocycles. The molecule has 1 unspecified atom stereocenters. The molecule has 120 valence electrons. The second-order valence-electron chi connectivity index (χ2n) is 6.22. The van der Waals surface area contributed by atoms with Crippen LogP contribution in [0.25, 0.3) is 0 Å². The maximum absolute atomic E-state index is 12.4. The van der Waals surface area contributed by atoms with Gasteiger partial charge >= 0.3 is 0 Å². The molecular weight excluding hydrogens is 310 g/mol. The number of tetrazole rings is 1. The third-order valence-corrected chi connectivity index (χ3v) is 5.42. The average Bonchev–Trinajstić information content (AvgIpc) is 3.10. The topological polar surface area (TPSA) is 72.7 Å². The Morgan fingerprint density at radius 3 is 3.00 bits per heavy atom. The van der Waals surface area contributed by atoms with Crippen LogP contribution in [0.5, 0.6) is 0 Å². The van der Waals surface area contributed by atoms with Gasteiger partial charge in [-0.05, 0) is 72.7 Å². The summed E-state index contributed by atoms with van der Waals surface area (Å²) in [6.07, 6.45) is 5.71. The standard InChI is InChI=1S/C16H19N5OS/c1-10(23-16-18-19-20-21(16)14-7-8-14)15(22)17-13-6-5-11-3-2-4-12(11)9-13/h5-6,9-10,14H,2-4,7-8H2,1H3,(H,17,22).